The number of aliphatic hydroxyl groups excluding tert-OH is 1. The van der Waals surface area contributed by atoms with Crippen LogP contribution in [0, 0.1) is 0 Å². The third-order valence-corrected chi connectivity index (χ3v) is 3.09. The molecule has 1 aromatic heterocycles. The highest BCUT2D eigenvalue weighted by Gasteiger charge is 2.60. The number of halogens is 3. The molecule has 106 valence electrons. The van der Waals surface area contributed by atoms with Gasteiger partial charge in [0.1, 0.15) is 12.0 Å². The Labute approximate surface area is 105 Å². The van der Waals surface area contributed by atoms with E-state index in [9.17, 15) is 18.0 Å². The molecule has 2 atom stereocenters. The van der Waals surface area contributed by atoms with E-state index in [0.29, 0.717) is 0 Å². The van der Waals surface area contributed by atoms with Crippen molar-refractivity contribution in [2.75, 3.05) is 12.3 Å². The predicted octanol–water partition coefficient (Wildman–Crippen LogP) is 0.428. The smallest absolute Gasteiger partial charge is 0.393 e. The van der Waals surface area contributed by atoms with E-state index < -0.39 is 36.7 Å². The SMILES string of the molecule is Nc1ccn([C@H]2CC[C@](CO)(C(F)(F)F)O2)c(=O)n1. The van der Waals surface area contributed by atoms with Crippen LogP contribution in [0.4, 0.5) is 19.0 Å². The summed E-state index contributed by atoms with van der Waals surface area (Å²) < 4.78 is 44.4. The minimum Gasteiger partial charge on any atom is -0.393 e. The van der Waals surface area contributed by atoms with Crippen LogP contribution in [0.25, 0.3) is 0 Å². The summed E-state index contributed by atoms with van der Waals surface area (Å²) in [4.78, 5) is 14.9. The average Bonchev–Trinajstić information content (AvgIpc) is 2.73. The molecule has 0 radical (unpaired) electrons. The molecular formula is C10H12F3N3O3. The van der Waals surface area contributed by atoms with Gasteiger partial charge in [-0.25, -0.2) is 4.79 Å². The molecule has 1 fully saturated rings. The van der Waals surface area contributed by atoms with Gasteiger partial charge in [0.2, 0.25) is 0 Å². The van der Waals surface area contributed by atoms with Crippen LogP contribution in [-0.4, -0.2) is 33.0 Å². The Morgan fingerprint density at radius 1 is 1.63 bits per heavy atom. The Kier molecular flexibility index (Phi) is 3.27. The molecule has 19 heavy (non-hydrogen) atoms. The summed E-state index contributed by atoms with van der Waals surface area (Å²) >= 11 is 0. The molecule has 0 aliphatic carbocycles. The van der Waals surface area contributed by atoms with Crippen LogP contribution in [0.5, 0.6) is 0 Å². The van der Waals surface area contributed by atoms with Crippen LogP contribution >= 0.6 is 0 Å². The van der Waals surface area contributed by atoms with Gasteiger partial charge in [-0.2, -0.15) is 18.2 Å². The molecule has 0 saturated carbocycles. The van der Waals surface area contributed by atoms with Crippen LogP contribution in [0.2, 0.25) is 0 Å². The minimum atomic E-state index is -4.71. The molecule has 2 heterocycles. The summed E-state index contributed by atoms with van der Waals surface area (Å²) in [6.45, 7) is -1.19. The lowest BCUT2D eigenvalue weighted by atomic mass is 10.0. The van der Waals surface area contributed by atoms with Crippen LogP contribution in [0.3, 0.4) is 0 Å². The molecule has 9 heteroatoms. The van der Waals surface area contributed by atoms with Gasteiger partial charge in [0.15, 0.2) is 5.60 Å². The molecule has 6 nitrogen and oxygen atoms in total. The highest BCUT2D eigenvalue weighted by molar-refractivity contribution is 5.23. The Balaban J connectivity index is 2.29. The van der Waals surface area contributed by atoms with Crippen molar-refractivity contribution in [3.63, 3.8) is 0 Å². The molecule has 1 aliphatic rings. The van der Waals surface area contributed by atoms with Crippen molar-refractivity contribution in [2.24, 2.45) is 0 Å². The van der Waals surface area contributed by atoms with Gasteiger partial charge in [-0.3, -0.25) is 4.57 Å². The highest BCUT2D eigenvalue weighted by atomic mass is 19.4. The number of hydrogen-bond acceptors (Lipinski definition) is 5. The monoisotopic (exact) mass is 279 g/mol. The molecule has 3 N–H and O–H groups in total. The van der Waals surface area contributed by atoms with Crippen molar-refractivity contribution >= 4 is 5.82 Å². The first kappa shape index (κ1) is 13.8. The lowest BCUT2D eigenvalue weighted by Crippen LogP contribution is -2.48. The van der Waals surface area contributed by atoms with E-state index in [1.165, 1.54) is 12.3 Å². The zero-order chi connectivity index (χ0) is 14.3. The minimum absolute atomic E-state index is 0.0245. The number of nitrogens with two attached hydrogens (primary N) is 1. The first-order chi connectivity index (χ1) is 8.79. The second kappa shape index (κ2) is 4.49. The van der Waals surface area contributed by atoms with Crippen LogP contribution in [0.15, 0.2) is 17.1 Å². The fourth-order valence-corrected chi connectivity index (χ4v) is 1.99. The standard InChI is InChI=1S/C10H12F3N3O3/c11-10(12,13)9(5-17)3-1-7(19-9)16-4-2-6(14)15-8(16)18/h2,4,7,17H,1,3,5H2,(H2,14,15,18)/t7-,9+/m1/s1. The molecular weight excluding hydrogens is 267 g/mol. The van der Waals surface area contributed by atoms with Crippen molar-refractivity contribution in [1.29, 1.82) is 0 Å². The van der Waals surface area contributed by atoms with Crippen molar-refractivity contribution in [3.8, 4) is 0 Å². The number of hydrogen-bond donors (Lipinski definition) is 2. The zero-order valence-corrected chi connectivity index (χ0v) is 9.72. The quantitative estimate of drug-likeness (QED) is 0.819. The average molecular weight is 279 g/mol. The number of aromatic nitrogens is 2. The number of rotatable bonds is 2. The molecule has 1 aliphatic heterocycles. The fraction of sp³-hybridized carbons (Fsp3) is 0.600. The lowest BCUT2D eigenvalue weighted by molar-refractivity contribution is -0.288. The largest absolute Gasteiger partial charge is 0.419 e. The van der Waals surface area contributed by atoms with Gasteiger partial charge < -0.3 is 15.6 Å². The Morgan fingerprint density at radius 2 is 2.32 bits per heavy atom. The summed E-state index contributed by atoms with van der Waals surface area (Å²) in [7, 11) is 0. The summed E-state index contributed by atoms with van der Waals surface area (Å²) in [5.41, 5.74) is 1.87. The second-order valence-electron chi connectivity index (χ2n) is 4.30. The van der Waals surface area contributed by atoms with E-state index in [-0.39, 0.29) is 12.2 Å². The van der Waals surface area contributed by atoms with Gasteiger partial charge in [-0.05, 0) is 18.9 Å². The topological polar surface area (TPSA) is 90.4 Å². The lowest BCUT2D eigenvalue weighted by Gasteiger charge is -2.29. The molecule has 2 rings (SSSR count). The molecule has 0 amide bonds. The third-order valence-electron chi connectivity index (χ3n) is 3.09. The van der Waals surface area contributed by atoms with Crippen molar-refractivity contribution in [3.05, 3.63) is 22.7 Å². The molecule has 0 unspecified atom stereocenters. The maximum Gasteiger partial charge on any atom is 0.419 e. The maximum atomic E-state index is 12.9. The van der Waals surface area contributed by atoms with Gasteiger partial charge in [0.05, 0.1) is 6.61 Å². The van der Waals surface area contributed by atoms with E-state index in [1.54, 1.807) is 0 Å². The van der Waals surface area contributed by atoms with E-state index in [2.05, 4.69) is 4.98 Å². The summed E-state index contributed by atoms with van der Waals surface area (Å²) in [6, 6.07) is 1.29. The first-order valence-electron chi connectivity index (χ1n) is 5.49. The van der Waals surface area contributed by atoms with Gasteiger partial charge in [0, 0.05) is 6.20 Å². The van der Waals surface area contributed by atoms with E-state index in [4.69, 9.17) is 15.6 Å². The number of alkyl halides is 3. The summed E-state index contributed by atoms with van der Waals surface area (Å²) in [6.07, 6.45) is -5.07. The fourth-order valence-electron chi connectivity index (χ4n) is 1.99. The normalized spacial score (nSPS) is 27.7. The Morgan fingerprint density at radius 3 is 2.79 bits per heavy atom. The zero-order valence-electron chi connectivity index (χ0n) is 9.72. The number of aliphatic hydroxyl groups is 1. The van der Waals surface area contributed by atoms with E-state index in [1.807, 2.05) is 0 Å². The van der Waals surface area contributed by atoms with Gasteiger partial charge >= 0.3 is 11.9 Å². The molecule has 1 aromatic rings. The molecule has 0 bridgehead atoms. The van der Waals surface area contributed by atoms with E-state index >= 15 is 0 Å². The van der Waals surface area contributed by atoms with Crippen LogP contribution in [-0.2, 0) is 4.74 Å². The second-order valence-corrected chi connectivity index (χ2v) is 4.30. The van der Waals surface area contributed by atoms with E-state index in [0.717, 1.165) is 4.57 Å². The maximum absolute atomic E-state index is 12.9. The first-order valence-corrected chi connectivity index (χ1v) is 5.49. The van der Waals surface area contributed by atoms with Crippen LogP contribution in [0.1, 0.15) is 19.1 Å². The predicted molar refractivity (Wildman–Crippen MR) is 58.1 cm³/mol. The third kappa shape index (κ3) is 2.30. The Hall–Kier alpha value is -1.61. The Bertz CT molecular complexity index is 531. The number of nitrogens with zero attached hydrogens (tertiary/aromatic N) is 2. The number of anilines is 1. The van der Waals surface area contributed by atoms with Crippen molar-refractivity contribution in [2.45, 2.75) is 30.8 Å². The molecule has 0 aromatic carbocycles. The molecule has 0 spiro atoms. The van der Waals surface area contributed by atoms with Crippen molar-refractivity contribution < 1.29 is 23.0 Å². The molecule has 1 saturated heterocycles. The van der Waals surface area contributed by atoms with Gasteiger partial charge in [-0.1, -0.05) is 0 Å². The van der Waals surface area contributed by atoms with Gasteiger partial charge in [0.25, 0.3) is 0 Å². The summed E-state index contributed by atoms with van der Waals surface area (Å²) in [5, 5.41) is 8.96. The summed E-state index contributed by atoms with van der Waals surface area (Å²) in [5.74, 6) is -0.0245. The van der Waals surface area contributed by atoms with Crippen molar-refractivity contribution in [1.82, 2.24) is 9.55 Å². The number of ether oxygens (including phenoxy) is 1. The van der Waals surface area contributed by atoms with Gasteiger partial charge in [-0.15, -0.1) is 0 Å². The number of nitrogen functional groups attached to an aromatic ring is 1. The highest BCUT2D eigenvalue weighted by Crippen LogP contribution is 2.45. The van der Waals surface area contributed by atoms with Crippen LogP contribution < -0.4 is 11.4 Å².